The van der Waals surface area contributed by atoms with Gasteiger partial charge in [-0.05, 0) is 30.7 Å². The molecule has 2 aliphatic rings. The topological polar surface area (TPSA) is 52.7 Å². The van der Waals surface area contributed by atoms with Gasteiger partial charge < -0.3 is 15.1 Å². The SMILES string of the molecule is CCC1(CNC(=O)N2CCN(Cc3ccccc3F)C(=O)C2)CCC1. The van der Waals surface area contributed by atoms with E-state index in [4.69, 9.17) is 0 Å². The third-order valence-electron chi connectivity index (χ3n) is 5.70. The summed E-state index contributed by atoms with van der Waals surface area (Å²) in [4.78, 5) is 27.9. The van der Waals surface area contributed by atoms with Gasteiger partial charge in [-0.15, -0.1) is 0 Å². The first-order chi connectivity index (χ1) is 12.0. The van der Waals surface area contributed by atoms with Gasteiger partial charge in [0.1, 0.15) is 12.4 Å². The van der Waals surface area contributed by atoms with E-state index in [1.807, 2.05) is 0 Å². The molecule has 0 spiro atoms. The Bertz CT molecular complexity index is 640. The Morgan fingerprint density at radius 3 is 2.64 bits per heavy atom. The Balaban J connectivity index is 1.50. The Labute approximate surface area is 148 Å². The molecule has 1 saturated heterocycles. The van der Waals surface area contributed by atoms with Crippen LogP contribution in [0, 0.1) is 11.2 Å². The molecule has 3 rings (SSSR count). The minimum atomic E-state index is -0.305. The first-order valence-corrected chi connectivity index (χ1v) is 9.07. The highest BCUT2D eigenvalue weighted by atomic mass is 19.1. The van der Waals surface area contributed by atoms with E-state index in [0.717, 1.165) is 6.42 Å². The lowest BCUT2D eigenvalue weighted by Crippen LogP contribution is -2.55. The van der Waals surface area contributed by atoms with Crippen LogP contribution in [0.3, 0.4) is 0 Å². The van der Waals surface area contributed by atoms with Gasteiger partial charge in [-0.3, -0.25) is 4.79 Å². The summed E-state index contributed by atoms with van der Waals surface area (Å²) in [6.07, 6.45) is 4.64. The quantitative estimate of drug-likeness (QED) is 0.890. The lowest BCUT2D eigenvalue weighted by atomic mass is 9.67. The number of piperazine rings is 1. The Kier molecular flexibility index (Phi) is 5.25. The fourth-order valence-electron chi connectivity index (χ4n) is 3.59. The molecule has 1 aliphatic heterocycles. The average Bonchev–Trinajstić information content (AvgIpc) is 2.57. The highest BCUT2D eigenvalue weighted by molar-refractivity contribution is 5.85. The number of nitrogens with zero attached hydrogens (tertiary/aromatic N) is 2. The second kappa shape index (κ2) is 7.42. The Hall–Kier alpha value is -2.11. The maximum atomic E-state index is 13.7. The standard InChI is InChI=1S/C19H26FN3O2/c1-2-19(8-5-9-19)14-21-18(25)23-11-10-22(17(24)13-23)12-15-6-3-4-7-16(15)20/h3-4,6-7H,2,5,8-14H2,1H3,(H,21,25). The minimum Gasteiger partial charge on any atom is -0.337 e. The van der Waals surface area contributed by atoms with Gasteiger partial charge in [-0.2, -0.15) is 0 Å². The van der Waals surface area contributed by atoms with Crippen molar-refractivity contribution >= 4 is 11.9 Å². The molecule has 2 fully saturated rings. The number of amides is 3. The number of carbonyl (C=O) groups excluding carboxylic acids is 2. The van der Waals surface area contributed by atoms with Gasteiger partial charge in [-0.25, -0.2) is 9.18 Å². The van der Waals surface area contributed by atoms with E-state index >= 15 is 0 Å². The third-order valence-corrected chi connectivity index (χ3v) is 5.70. The summed E-state index contributed by atoms with van der Waals surface area (Å²) in [5.41, 5.74) is 0.760. The van der Waals surface area contributed by atoms with Gasteiger partial charge in [0.2, 0.25) is 5.91 Å². The minimum absolute atomic E-state index is 0.0550. The molecule has 1 N–H and O–H groups in total. The van der Waals surface area contributed by atoms with E-state index in [1.165, 1.54) is 25.3 Å². The summed E-state index contributed by atoms with van der Waals surface area (Å²) in [6, 6.07) is 6.31. The highest BCUT2D eigenvalue weighted by Crippen LogP contribution is 2.43. The van der Waals surface area contributed by atoms with Crippen molar-refractivity contribution in [1.82, 2.24) is 15.1 Å². The molecule has 0 unspecified atom stereocenters. The largest absolute Gasteiger partial charge is 0.337 e. The molecule has 1 aliphatic carbocycles. The van der Waals surface area contributed by atoms with Crippen molar-refractivity contribution in [1.29, 1.82) is 0 Å². The van der Waals surface area contributed by atoms with Crippen LogP contribution in [0.25, 0.3) is 0 Å². The van der Waals surface area contributed by atoms with Crippen LogP contribution in [0.15, 0.2) is 24.3 Å². The van der Waals surface area contributed by atoms with Crippen molar-refractivity contribution < 1.29 is 14.0 Å². The van der Waals surface area contributed by atoms with Crippen LogP contribution in [0.5, 0.6) is 0 Å². The highest BCUT2D eigenvalue weighted by Gasteiger charge is 2.36. The zero-order valence-electron chi connectivity index (χ0n) is 14.8. The predicted octanol–water partition coefficient (Wildman–Crippen LogP) is 2.76. The summed E-state index contributed by atoms with van der Waals surface area (Å²) in [5.74, 6) is -0.445. The lowest BCUT2D eigenvalue weighted by molar-refractivity contribution is -0.135. The molecule has 0 aromatic heterocycles. The van der Waals surface area contributed by atoms with Gasteiger partial charge >= 0.3 is 6.03 Å². The molecule has 6 heteroatoms. The lowest BCUT2D eigenvalue weighted by Gasteiger charge is -2.42. The van der Waals surface area contributed by atoms with E-state index in [1.54, 1.807) is 28.0 Å². The second-order valence-corrected chi connectivity index (χ2v) is 7.19. The zero-order chi connectivity index (χ0) is 17.9. The van der Waals surface area contributed by atoms with Crippen LogP contribution < -0.4 is 5.32 Å². The van der Waals surface area contributed by atoms with Gasteiger partial charge in [0.15, 0.2) is 0 Å². The number of halogens is 1. The number of hydrogen-bond acceptors (Lipinski definition) is 2. The molecular weight excluding hydrogens is 321 g/mol. The van der Waals surface area contributed by atoms with Crippen LogP contribution in [-0.4, -0.2) is 47.9 Å². The fraction of sp³-hybridized carbons (Fsp3) is 0.579. The molecule has 3 amide bonds. The van der Waals surface area contributed by atoms with Crippen LogP contribution in [0.2, 0.25) is 0 Å². The summed E-state index contributed by atoms with van der Waals surface area (Å²) in [5, 5.41) is 3.00. The molecule has 25 heavy (non-hydrogen) atoms. The molecule has 1 saturated carbocycles. The first kappa shape index (κ1) is 17.7. The van der Waals surface area contributed by atoms with Crippen molar-refractivity contribution in [2.45, 2.75) is 39.2 Å². The van der Waals surface area contributed by atoms with E-state index in [9.17, 15) is 14.0 Å². The molecule has 136 valence electrons. The monoisotopic (exact) mass is 347 g/mol. The van der Waals surface area contributed by atoms with Crippen molar-refractivity contribution in [3.63, 3.8) is 0 Å². The molecule has 0 bridgehead atoms. The number of carbonyl (C=O) groups is 2. The summed E-state index contributed by atoms with van der Waals surface area (Å²) < 4.78 is 13.7. The van der Waals surface area contributed by atoms with Crippen molar-refractivity contribution in [2.24, 2.45) is 5.41 Å². The summed E-state index contributed by atoms with van der Waals surface area (Å²) in [6.45, 7) is 4.06. The van der Waals surface area contributed by atoms with Crippen LogP contribution in [0.1, 0.15) is 38.2 Å². The van der Waals surface area contributed by atoms with E-state index in [2.05, 4.69) is 12.2 Å². The predicted molar refractivity (Wildman–Crippen MR) is 93.4 cm³/mol. The normalized spacial score (nSPS) is 19.5. The number of hydrogen-bond donors (Lipinski definition) is 1. The molecule has 1 aromatic rings. The molecule has 1 aromatic carbocycles. The van der Waals surface area contributed by atoms with Gasteiger partial charge in [0, 0.05) is 31.7 Å². The van der Waals surface area contributed by atoms with Crippen molar-refractivity contribution in [3.8, 4) is 0 Å². The maximum Gasteiger partial charge on any atom is 0.317 e. The van der Waals surface area contributed by atoms with E-state index in [0.29, 0.717) is 25.2 Å². The zero-order valence-corrected chi connectivity index (χ0v) is 14.8. The average molecular weight is 347 g/mol. The maximum absolute atomic E-state index is 13.7. The second-order valence-electron chi connectivity index (χ2n) is 7.19. The number of benzene rings is 1. The first-order valence-electron chi connectivity index (χ1n) is 9.07. The van der Waals surface area contributed by atoms with Gasteiger partial charge in [0.25, 0.3) is 0 Å². The molecule has 5 nitrogen and oxygen atoms in total. The fourth-order valence-corrected chi connectivity index (χ4v) is 3.59. The molecule has 0 radical (unpaired) electrons. The number of urea groups is 1. The third kappa shape index (κ3) is 3.94. The van der Waals surface area contributed by atoms with Crippen molar-refractivity contribution in [3.05, 3.63) is 35.6 Å². The van der Waals surface area contributed by atoms with Crippen LogP contribution in [0.4, 0.5) is 9.18 Å². The Morgan fingerprint density at radius 2 is 2.04 bits per heavy atom. The van der Waals surface area contributed by atoms with Gasteiger partial charge in [0.05, 0.1) is 0 Å². The van der Waals surface area contributed by atoms with Crippen LogP contribution >= 0.6 is 0 Å². The van der Waals surface area contributed by atoms with Crippen molar-refractivity contribution in [2.75, 3.05) is 26.2 Å². The van der Waals surface area contributed by atoms with Crippen LogP contribution in [-0.2, 0) is 11.3 Å². The number of rotatable bonds is 5. The number of nitrogens with one attached hydrogen (secondary N) is 1. The molecule has 1 heterocycles. The molecule has 0 atom stereocenters. The van der Waals surface area contributed by atoms with E-state index in [-0.39, 0.29) is 36.3 Å². The van der Waals surface area contributed by atoms with Gasteiger partial charge in [-0.1, -0.05) is 31.5 Å². The molecular formula is C19H26FN3O2. The Morgan fingerprint density at radius 1 is 1.28 bits per heavy atom. The summed E-state index contributed by atoms with van der Waals surface area (Å²) in [7, 11) is 0. The summed E-state index contributed by atoms with van der Waals surface area (Å²) >= 11 is 0. The smallest absolute Gasteiger partial charge is 0.317 e. The van der Waals surface area contributed by atoms with E-state index < -0.39 is 0 Å².